The number of aryl methyl sites for hydroxylation is 1. The summed E-state index contributed by atoms with van der Waals surface area (Å²) in [7, 11) is 1.56. The van der Waals surface area contributed by atoms with E-state index in [1.54, 1.807) is 31.3 Å². The molecular formula is C17H13F3N4O2. The number of alkyl halides is 3. The fraction of sp³-hybridized carbons (Fsp3) is 0.118. The number of hydrogen-bond acceptors (Lipinski definition) is 4. The number of carbonyl (C=O) groups is 1. The molecule has 0 saturated carbocycles. The zero-order valence-corrected chi connectivity index (χ0v) is 13.5. The maximum atomic E-state index is 12.2. The van der Waals surface area contributed by atoms with Gasteiger partial charge in [-0.1, -0.05) is 30.3 Å². The van der Waals surface area contributed by atoms with Crippen LogP contribution in [0.4, 0.5) is 13.2 Å². The van der Waals surface area contributed by atoms with Crippen LogP contribution in [0.3, 0.4) is 0 Å². The standard InChI is InChI=1S/C17H13F3N4O2/c1-24-16(14(21)25)22-15(23-24)12-4-2-3-11(9-12)10-5-7-13(8-6-10)26-17(18,19)20/h2-9H,1H3,(H2,21,25). The summed E-state index contributed by atoms with van der Waals surface area (Å²) in [5.41, 5.74) is 7.30. The topological polar surface area (TPSA) is 83.0 Å². The molecule has 3 aromatic rings. The number of amides is 1. The monoisotopic (exact) mass is 362 g/mol. The van der Waals surface area contributed by atoms with E-state index in [0.717, 1.165) is 5.56 Å². The molecule has 2 aromatic carbocycles. The third kappa shape index (κ3) is 3.82. The number of nitrogens with zero attached hydrogens (tertiary/aromatic N) is 3. The molecule has 1 aromatic heterocycles. The number of rotatable bonds is 4. The smallest absolute Gasteiger partial charge is 0.406 e. The number of halogens is 3. The zero-order valence-electron chi connectivity index (χ0n) is 13.5. The van der Waals surface area contributed by atoms with Gasteiger partial charge in [0.2, 0.25) is 5.82 Å². The lowest BCUT2D eigenvalue weighted by atomic mass is 10.0. The first-order chi connectivity index (χ1) is 12.2. The Morgan fingerprint density at radius 1 is 1.08 bits per heavy atom. The molecule has 1 amide bonds. The van der Waals surface area contributed by atoms with Gasteiger partial charge in [-0.2, -0.15) is 5.10 Å². The summed E-state index contributed by atoms with van der Waals surface area (Å²) < 4.78 is 41.8. The minimum atomic E-state index is -4.73. The van der Waals surface area contributed by atoms with Crippen molar-refractivity contribution in [3.63, 3.8) is 0 Å². The summed E-state index contributed by atoms with van der Waals surface area (Å²) in [6, 6.07) is 12.6. The Balaban J connectivity index is 1.90. The van der Waals surface area contributed by atoms with E-state index in [1.807, 2.05) is 0 Å². The van der Waals surface area contributed by atoms with Gasteiger partial charge in [0, 0.05) is 12.6 Å². The first-order valence-corrected chi connectivity index (χ1v) is 7.40. The van der Waals surface area contributed by atoms with E-state index in [1.165, 1.54) is 28.9 Å². The Morgan fingerprint density at radius 3 is 2.31 bits per heavy atom. The van der Waals surface area contributed by atoms with Gasteiger partial charge in [0.1, 0.15) is 5.75 Å². The molecule has 3 rings (SSSR count). The molecule has 26 heavy (non-hydrogen) atoms. The second-order valence-corrected chi connectivity index (χ2v) is 5.40. The number of ether oxygens (including phenoxy) is 1. The molecular weight excluding hydrogens is 349 g/mol. The number of hydrogen-bond donors (Lipinski definition) is 1. The van der Waals surface area contributed by atoms with E-state index in [9.17, 15) is 18.0 Å². The van der Waals surface area contributed by atoms with Crippen LogP contribution in [0, 0.1) is 0 Å². The van der Waals surface area contributed by atoms with Crippen LogP contribution < -0.4 is 10.5 Å². The van der Waals surface area contributed by atoms with Crippen molar-refractivity contribution in [2.75, 3.05) is 0 Å². The Hall–Kier alpha value is -3.36. The van der Waals surface area contributed by atoms with Gasteiger partial charge in [-0.25, -0.2) is 9.67 Å². The van der Waals surface area contributed by atoms with Gasteiger partial charge in [-0.3, -0.25) is 4.79 Å². The molecule has 0 fully saturated rings. The largest absolute Gasteiger partial charge is 0.573 e. The number of nitrogens with two attached hydrogens (primary N) is 1. The second-order valence-electron chi connectivity index (χ2n) is 5.40. The molecule has 0 aliphatic rings. The summed E-state index contributed by atoms with van der Waals surface area (Å²) in [5, 5.41) is 4.15. The van der Waals surface area contributed by atoms with E-state index in [-0.39, 0.29) is 11.6 Å². The van der Waals surface area contributed by atoms with Gasteiger partial charge in [0.05, 0.1) is 0 Å². The van der Waals surface area contributed by atoms with Crippen molar-refractivity contribution in [3.8, 4) is 28.3 Å². The fourth-order valence-corrected chi connectivity index (χ4v) is 2.41. The van der Waals surface area contributed by atoms with Crippen LogP contribution in [0.1, 0.15) is 10.6 Å². The number of aromatic nitrogens is 3. The van der Waals surface area contributed by atoms with E-state index < -0.39 is 12.3 Å². The van der Waals surface area contributed by atoms with Crippen molar-refractivity contribution in [1.29, 1.82) is 0 Å². The molecule has 0 aliphatic carbocycles. The minimum Gasteiger partial charge on any atom is -0.406 e. The molecule has 0 bridgehead atoms. The molecule has 0 aliphatic heterocycles. The van der Waals surface area contributed by atoms with E-state index in [4.69, 9.17) is 5.73 Å². The molecule has 9 heteroatoms. The highest BCUT2D eigenvalue weighted by Crippen LogP contribution is 2.28. The first-order valence-electron chi connectivity index (χ1n) is 7.40. The molecule has 0 radical (unpaired) electrons. The summed E-state index contributed by atoms with van der Waals surface area (Å²) >= 11 is 0. The molecule has 134 valence electrons. The van der Waals surface area contributed by atoms with Crippen LogP contribution in [0.25, 0.3) is 22.5 Å². The molecule has 0 spiro atoms. The van der Waals surface area contributed by atoms with Crippen LogP contribution in [0.5, 0.6) is 5.75 Å². The highest BCUT2D eigenvalue weighted by atomic mass is 19.4. The zero-order chi connectivity index (χ0) is 18.9. The van der Waals surface area contributed by atoms with Crippen LogP contribution >= 0.6 is 0 Å². The maximum absolute atomic E-state index is 12.2. The molecule has 1 heterocycles. The Bertz CT molecular complexity index is 949. The van der Waals surface area contributed by atoms with Crippen molar-refractivity contribution >= 4 is 5.91 Å². The predicted molar refractivity (Wildman–Crippen MR) is 87.1 cm³/mol. The Kier molecular flexibility index (Phi) is 4.37. The summed E-state index contributed by atoms with van der Waals surface area (Å²) in [6.45, 7) is 0. The van der Waals surface area contributed by atoms with Gasteiger partial charge in [0.15, 0.2) is 5.82 Å². The van der Waals surface area contributed by atoms with Gasteiger partial charge in [-0.15, -0.1) is 13.2 Å². The molecule has 6 nitrogen and oxygen atoms in total. The number of primary amides is 1. The SMILES string of the molecule is Cn1nc(-c2cccc(-c3ccc(OC(F)(F)F)cc3)c2)nc1C(N)=O. The first kappa shape index (κ1) is 17.5. The normalized spacial score (nSPS) is 11.4. The summed E-state index contributed by atoms with van der Waals surface area (Å²) in [5.74, 6) is -0.642. The molecule has 0 saturated heterocycles. The summed E-state index contributed by atoms with van der Waals surface area (Å²) in [4.78, 5) is 15.4. The van der Waals surface area contributed by atoms with E-state index >= 15 is 0 Å². The van der Waals surface area contributed by atoms with Crippen molar-refractivity contribution in [3.05, 3.63) is 54.4 Å². The van der Waals surface area contributed by atoms with Crippen molar-refractivity contribution in [1.82, 2.24) is 14.8 Å². The van der Waals surface area contributed by atoms with Crippen molar-refractivity contribution < 1.29 is 22.7 Å². The lowest BCUT2D eigenvalue weighted by Gasteiger charge is -2.09. The van der Waals surface area contributed by atoms with Crippen molar-refractivity contribution in [2.45, 2.75) is 6.36 Å². The summed E-state index contributed by atoms with van der Waals surface area (Å²) in [6.07, 6.45) is -4.73. The lowest BCUT2D eigenvalue weighted by Crippen LogP contribution is -2.16. The Labute approximate surface area is 146 Å². The molecule has 0 unspecified atom stereocenters. The third-order valence-electron chi connectivity index (χ3n) is 3.53. The second kappa shape index (κ2) is 6.51. The van der Waals surface area contributed by atoms with Gasteiger partial charge >= 0.3 is 6.36 Å². The highest BCUT2D eigenvalue weighted by molar-refractivity contribution is 5.89. The van der Waals surface area contributed by atoms with Crippen LogP contribution in [0.2, 0.25) is 0 Å². The highest BCUT2D eigenvalue weighted by Gasteiger charge is 2.30. The van der Waals surface area contributed by atoms with Gasteiger partial charge < -0.3 is 10.5 Å². The van der Waals surface area contributed by atoms with Gasteiger partial charge in [0.25, 0.3) is 5.91 Å². The number of carbonyl (C=O) groups excluding carboxylic acids is 1. The van der Waals surface area contributed by atoms with E-state index in [0.29, 0.717) is 17.0 Å². The fourth-order valence-electron chi connectivity index (χ4n) is 2.41. The third-order valence-corrected chi connectivity index (χ3v) is 3.53. The number of benzene rings is 2. The molecule has 2 N–H and O–H groups in total. The Morgan fingerprint density at radius 2 is 1.73 bits per heavy atom. The minimum absolute atomic E-state index is 0.0269. The average molecular weight is 362 g/mol. The van der Waals surface area contributed by atoms with Crippen LogP contribution in [-0.4, -0.2) is 27.0 Å². The quantitative estimate of drug-likeness (QED) is 0.773. The predicted octanol–water partition coefficient (Wildman–Crippen LogP) is 3.15. The molecule has 0 atom stereocenters. The van der Waals surface area contributed by atoms with E-state index in [2.05, 4.69) is 14.8 Å². The van der Waals surface area contributed by atoms with Crippen molar-refractivity contribution in [2.24, 2.45) is 12.8 Å². The average Bonchev–Trinajstić information content (AvgIpc) is 2.96. The maximum Gasteiger partial charge on any atom is 0.573 e. The van der Waals surface area contributed by atoms with Crippen LogP contribution in [0.15, 0.2) is 48.5 Å². The van der Waals surface area contributed by atoms with Gasteiger partial charge in [-0.05, 0) is 29.3 Å². The lowest BCUT2D eigenvalue weighted by molar-refractivity contribution is -0.274. The van der Waals surface area contributed by atoms with Crippen LogP contribution in [-0.2, 0) is 7.05 Å².